The normalized spacial score (nSPS) is 11.8. The summed E-state index contributed by atoms with van der Waals surface area (Å²) in [7, 11) is 3.66. The lowest BCUT2D eigenvalue weighted by atomic mass is 9.86. The van der Waals surface area contributed by atoms with Gasteiger partial charge in [-0.05, 0) is 58.4 Å². The van der Waals surface area contributed by atoms with E-state index in [0.29, 0.717) is 0 Å². The number of methoxy groups -OCH3 is 1. The molecule has 3 heteroatoms. The molecule has 17 heavy (non-hydrogen) atoms. The molecule has 0 aromatic heterocycles. The van der Waals surface area contributed by atoms with Crippen LogP contribution in [0.5, 0.6) is 5.75 Å². The largest absolute Gasteiger partial charge is 0.496 e. The summed E-state index contributed by atoms with van der Waals surface area (Å²) in [5, 5.41) is 4.14. The van der Waals surface area contributed by atoms with Crippen molar-refractivity contribution in [3.63, 3.8) is 0 Å². The van der Waals surface area contributed by atoms with Gasteiger partial charge in [-0.1, -0.05) is 11.6 Å². The van der Waals surface area contributed by atoms with Gasteiger partial charge in [0.1, 0.15) is 5.75 Å². The third-order valence-corrected chi connectivity index (χ3v) is 4.18. The summed E-state index contributed by atoms with van der Waals surface area (Å²) in [5.74, 6) is 0.934. The summed E-state index contributed by atoms with van der Waals surface area (Å²) in [6.07, 6.45) is 0. The molecule has 1 rings (SSSR count). The van der Waals surface area contributed by atoms with E-state index in [-0.39, 0.29) is 5.54 Å². The second-order valence-electron chi connectivity index (χ2n) is 4.97. The van der Waals surface area contributed by atoms with Crippen molar-refractivity contribution in [1.82, 2.24) is 5.32 Å². The van der Waals surface area contributed by atoms with E-state index in [1.54, 1.807) is 7.11 Å². The Bertz CT molecular complexity index is 439. The smallest absolute Gasteiger partial charge is 0.127 e. The third-order valence-electron chi connectivity index (χ3n) is 3.62. The number of rotatable bonds is 3. The lowest BCUT2D eigenvalue weighted by molar-refractivity contribution is 0.371. The molecule has 0 saturated carbocycles. The lowest BCUT2D eigenvalue weighted by Gasteiger charge is -2.31. The molecule has 1 N–H and O–H groups in total. The average molecular weight is 256 g/mol. The van der Waals surface area contributed by atoms with Crippen LogP contribution in [-0.4, -0.2) is 14.2 Å². The van der Waals surface area contributed by atoms with Crippen molar-refractivity contribution in [3.05, 3.63) is 27.3 Å². The Morgan fingerprint density at radius 1 is 1.06 bits per heavy atom. The topological polar surface area (TPSA) is 21.3 Å². The number of benzene rings is 1. The molecule has 1 aromatic rings. The highest BCUT2D eigenvalue weighted by Gasteiger charge is 2.28. The Kier molecular flexibility index (Phi) is 4.11. The van der Waals surface area contributed by atoms with Crippen LogP contribution in [0, 0.1) is 20.8 Å². The summed E-state index contributed by atoms with van der Waals surface area (Å²) < 4.78 is 5.58. The number of hydrogen-bond donors (Lipinski definition) is 1. The monoisotopic (exact) mass is 255 g/mol. The first-order valence-electron chi connectivity index (χ1n) is 5.80. The second-order valence-corrected chi connectivity index (χ2v) is 5.35. The van der Waals surface area contributed by atoms with Crippen LogP contribution < -0.4 is 10.1 Å². The molecule has 0 aliphatic carbocycles. The highest BCUT2D eigenvalue weighted by Crippen LogP contribution is 2.41. The van der Waals surface area contributed by atoms with Crippen LogP contribution in [0.1, 0.15) is 36.1 Å². The number of nitrogens with one attached hydrogen (secondary N) is 1. The first-order chi connectivity index (χ1) is 7.77. The van der Waals surface area contributed by atoms with Crippen molar-refractivity contribution in [1.29, 1.82) is 0 Å². The highest BCUT2D eigenvalue weighted by atomic mass is 35.5. The fraction of sp³-hybridized carbons (Fsp3) is 0.571. The zero-order valence-electron chi connectivity index (χ0n) is 11.8. The van der Waals surface area contributed by atoms with Gasteiger partial charge < -0.3 is 10.1 Å². The van der Waals surface area contributed by atoms with Gasteiger partial charge >= 0.3 is 0 Å². The van der Waals surface area contributed by atoms with Crippen molar-refractivity contribution in [2.45, 2.75) is 40.2 Å². The molecule has 0 saturated heterocycles. The summed E-state index contributed by atoms with van der Waals surface area (Å²) in [6.45, 7) is 10.4. The maximum atomic E-state index is 6.40. The van der Waals surface area contributed by atoms with Crippen LogP contribution in [0.2, 0.25) is 5.02 Å². The standard InChI is InChI=1S/C14H22ClNO/c1-8-9(2)13(17-7)11(10(3)12(8)15)14(4,5)16-6/h16H,1-7H3. The van der Waals surface area contributed by atoms with Crippen LogP contribution in [0.4, 0.5) is 0 Å². The predicted molar refractivity (Wildman–Crippen MR) is 74.3 cm³/mol. The van der Waals surface area contributed by atoms with Crippen LogP contribution in [0.3, 0.4) is 0 Å². The van der Waals surface area contributed by atoms with E-state index in [4.69, 9.17) is 16.3 Å². The number of ether oxygens (including phenoxy) is 1. The van der Waals surface area contributed by atoms with Gasteiger partial charge in [0.25, 0.3) is 0 Å². The molecule has 0 atom stereocenters. The zero-order chi connectivity index (χ0) is 13.4. The quantitative estimate of drug-likeness (QED) is 0.889. The van der Waals surface area contributed by atoms with Gasteiger partial charge in [-0.15, -0.1) is 0 Å². The first kappa shape index (κ1) is 14.3. The molecule has 2 nitrogen and oxygen atoms in total. The van der Waals surface area contributed by atoms with E-state index in [2.05, 4.69) is 26.1 Å². The molecule has 0 radical (unpaired) electrons. The average Bonchev–Trinajstić information content (AvgIpc) is 2.30. The van der Waals surface area contributed by atoms with E-state index in [9.17, 15) is 0 Å². The molecule has 96 valence electrons. The van der Waals surface area contributed by atoms with Gasteiger partial charge in [0.05, 0.1) is 7.11 Å². The maximum absolute atomic E-state index is 6.40. The number of halogens is 1. The second kappa shape index (κ2) is 4.87. The first-order valence-corrected chi connectivity index (χ1v) is 6.18. The van der Waals surface area contributed by atoms with Crippen LogP contribution in [0.25, 0.3) is 0 Å². The summed E-state index contributed by atoms with van der Waals surface area (Å²) >= 11 is 6.40. The zero-order valence-corrected chi connectivity index (χ0v) is 12.5. The van der Waals surface area contributed by atoms with Gasteiger partial charge in [-0.25, -0.2) is 0 Å². The van der Waals surface area contributed by atoms with Crippen molar-refractivity contribution in [2.24, 2.45) is 0 Å². The highest BCUT2D eigenvalue weighted by molar-refractivity contribution is 6.32. The van der Waals surface area contributed by atoms with Gasteiger partial charge in [0, 0.05) is 16.1 Å². The van der Waals surface area contributed by atoms with Crippen molar-refractivity contribution < 1.29 is 4.74 Å². The Balaban J connectivity index is 3.70. The van der Waals surface area contributed by atoms with E-state index in [1.165, 1.54) is 0 Å². The van der Waals surface area contributed by atoms with E-state index in [0.717, 1.165) is 33.0 Å². The summed E-state index contributed by atoms with van der Waals surface area (Å²) in [4.78, 5) is 0. The molecule has 0 fully saturated rings. The minimum atomic E-state index is -0.169. The van der Waals surface area contributed by atoms with Gasteiger partial charge in [0.15, 0.2) is 0 Å². The Morgan fingerprint density at radius 2 is 1.59 bits per heavy atom. The minimum absolute atomic E-state index is 0.169. The summed E-state index contributed by atoms with van der Waals surface area (Å²) in [5.41, 5.74) is 4.26. The lowest BCUT2D eigenvalue weighted by Crippen LogP contribution is -2.34. The molecule has 0 bridgehead atoms. The molecular weight excluding hydrogens is 234 g/mol. The predicted octanol–water partition coefficient (Wildman–Crippen LogP) is 3.73. The van der Waals surface area contributed by atoms with E-state index < -0.39 is 0 Å². The Hall–Kier alpha value is -0.730. The molecule has 0 unspecified atom stereocenters. The molecule has 0 heterocycles. The van der Waals surface area contributed by atoms with Crippen LogP contribution in [0.15, 0.2) is 0 Å². The molecule has 0 amide bonds. The van der Waals surface area contributed by atoms with Crippen LogP contribution in [-0.2, 0) is 5.54 Å². The van der Waals surface area contributed by atoms with E-state index >= 15 is 0 Å². The maximum Gasteiger partial charge on any atom is 0.127 e. The Labute approximate surface area is 109 Å². The third kappa shape index (κ3) is 2.29. The Morgan fingerprint density at radius 3 is 2.00 bits per heavy atom. The SMILES string of the molecule is CNC(C)(C)c1c(C)c(Cl)c(C)c(C)c1OC. The number of hydrogen-bond acceptors (Lipinski definition) is 2. The molecular formula is C14H22ClNO. The summed E-state index contributed by atoms with van der Waals surface area (Å²) in [6, 6.07) is 0. The van der Waals surface area contributed by atoms with Crippen molar-refractivity contribution >= 4 is 11.6 Å². The molecule has 0 aliphatic heterocycles. The van der Waals surface area contributed by atoms with Crippen LogP contribution >= 0.6 is 11.6 Å². The van der Waals surface area contributed by atoms with Gasteiger partial charge in [-0.3, -0.25) is 0 Å². The fourth-order valence-electron chi connectivity index (χ4n) is 2.22. The fourth-order valence-corrected chi connectivity index (χ4v) is 2.45. The molecule has 0 aliphatic rings. The van der Waals surface area contributed by atoms with E-state index in [1.807, 2.05) is 20.9 Å². The molecule has 0 spiro atoms. The minimum Gasteiger partial charge on any atom is -0.496 e. The van der Waals surface area contributed by atoms with Gasteiger partial charge in [-0.2, -0.15) is 0 Å². The van der Waals surface area contributed by atoms with Crippen molar-refractivity contribution in [2.75, 3.05) is 14.2 Å². The van der Waals surface area contributed by atoms with Crippen molar-refractivity contribution in [3.8, 4) is 5.75 Å². The molecule has 1 aromatic carbocycles. The van der Waals surface area contributed by atoms with Gasteiger partial charge in [0.2, 0.25) is 0 Å².